The molecule has 1 aliphatic rings. The van der Waals surface area contributed by atoms with Crippen LogP contribution in [0.15, 0.2) is 0 Å². The van der Waals surface area contributed by atoms with Gasteiger partial charge in [-0.1, -0.05) is 0 Å². The molecule has 10 heteroatoms. The fraction of sp³-hybridized carbons (Fsp3) is 0.933. The van der Waals surface area contributed by atoms with Crippen LogP contribution in [0.25, 0.3) is 0 Å². The number of amides is 1. The van der Waals surface area contributed by atoms with Crippen LogP contribution < -0.4 is 5.32 Å². The van der Waals surface area contributed by atoms with Gasteiger partial charge in [0.25, 0.3) is 0 Å². The normalized spacial score (nSPS) is 17.1. The number of ether oxygens (including phenoxy) is 2. The third-order valence-electron chi connectivity index (χ3n) is 3.92. The Labute approximate surface area is 150 Å². The van der Waals surface area contributed by atoms with Crippen molar-refractivity contribution in [2.75, 3.05) is 72.3 Å². The lowest BCUT2D eigenvalue weighted by molar-refractivity contribution is -0.124. The molecule has 0 saturated carbocycles. The zero-order valence-electron chi connectivity index (χ0n) is 15.1. The highest BCUT2D eigenvalue weighted by Gasteiger charge is 2.28. The number of nitrogens with zero attached hydrogens (tertiary/aromatic N) is 2. The van der Waals surface area contributed by atoms with E-state index in [1.54, 1.807) is 18.2 Å². The fourth-order valence-electron chi connectivity index (χ4n) is 2.34. The molecule has 0 atom stereocenters. The molecule has 9 nitrogen and oxygen atoms in total. The van der Waals surface area contributed by atoms with Gasteiger partial charge in [-0.05, 0) is 13.8 Å². The van der Waals surface area contributed by atoms with Crippen LogP contribution in [0.3, 0.4) is 0 Å². The third-order valence-corrected chi connectivity index (χ3v) is 6.20. The molecule has 1 aliphatic heterocycles. The highest BCUT2D eigenvalue weighted by molar-refractivity contribution is 7.89. The molecular formula is C15H31N3O6S. The van der Waals surface area contributed by atoms with Crippen molar-refractivity contribution in [3.05, 3.63) is 0 Å². The molecule has 0 aromatic rings. The summed E-state index contributed by atoms with van der Waals surface area (Å²) < 4.78 is 36.5. The van der Waals surface area contributed by atoms with Crippen molar-refractivity contribution in [1.29, 1.82) is 0 Å². The van der Waals surface area contributed by atoms with E-state index in [9.17, 15) is 13.2 Å². The second-order valence-electron chi connectivity index (χ2n) is 6.07. The lowest BCUT2D eigenvalue weighted by atomic mass is 10.3. The number of hydrogen-bond donors (Lipinski definition) is 2. The van der Waals surface area contributed by atoms with Gasteiger partial charge in [-0.15, -0.1) is 0 Å². The summed E-state index contributed by atoms with van der Waals surface area (Å²) in [4.78, 5) is 13.0. The zero-order valence-corrected chi connectivity index (χ0v) is 16.0. The molecule has 0 unspecified atom stereocenters. The molecule has 0 aromatic heterocycles. The first kappa shape index (κ1) is 22.3. The molecular weight excluding hydrogens is 350 g/mol. The Kier molecular flexibility index (Phi) is 10.5. The lowest BCUT2D eigenvalue weighted by Gasteiger charge is -2.34. The Hall–Kier alpha value is -0.780. The minimum atomic E-state index is -3.15. The van der Waals surface area contributed by atoms with Gasteiger partial charge in [0.2, 0.25) is 15.9 Å². The quantitative estimate of drug-likeness (QED) is 0.395. The van der Waals surface area contributed by atoms with Crippen molar-refractivity contribution in [3.63, 3.8) is 0 Å². The number of rotatable bonds is 12. The first-order valence-corrected chi connectivity index (χ1v) is 10.1. The van der Waals surface area contributed by atoms with Gasteiger partial charge in [0, 0.05) is 39.3 Å². The number of carbonyl (C=O) groups is 1. The van der Waals surface area contributed by atoms with E-state index in [0.717, 1.165) is 19.6 Å². The second kappa shape index (κ2) is 11.8. The number of hydrogen-bond acceptors (Lipinski definition) is 7. The zero-order chi connectivity index (χ0) is 18.7. The SMILES string of the molecule is CC(C)S(=O)(=O)N1CCN(CCOCCOCCNC(=O)CO)CC1. The van der Waals surface area contributed by atoms with Gasteiger partial charge in [-0.3, -0.25) is 9.69 Å². The van der Waals surface area contributed by atoms with Crippen LogP contribution in [0.5, 0.6) is 0 Å². The molecule has 1 fully saturated rings. The van der Waals surface area contributed by atoms with Crippen molar-refractivity contribution >= 4 is 15.9 Å². The summed E-state index contributed by atoms with van der Waals surface area (Å²) >= 11 is 0. The maximum Gasteiger partial charge on any atom is 0.245 e. The van der Waals surface area contributed by atoms with E-state index < -0.39 is 22.5 Å². The maximum atomic E-state index is 12.1. The summed E-state index contributed by atoms with van der Waals surface area (Å²) in [5.74, 6) is -0.416. The molecule has 1 saturated heterocycles. The minimum Gasteiger partial charge on any atom is -0.387 e. The van der Waals surface area contributed by atoms with E-state index in [1.807, 2.05) is 0 Å². The number of aliphatic hydroxyl groups excluding tert-OH is 1. The van der Waals surface area contributed by atoms with E-state index in [0.29, 0.717) is 46.1 Å². The molecule has 0 aromatic carbocycles. The Balaban J connectivity index is 1.99. The van der Waals surface area contributed by atoms with Gasteiger partial charge in [0.1, 0.15) is 6.61 Å². The summed E-state index contributed by atoms with van der Waals surface area (Å²) in [7, 11) is -3.15. The number of carbonyl (C=O) groups excluding carboxylic acids is 1. The predicted octanol–water partition coefficient (Wildman–Crippen LogP) is -1.52. The maximum absolute atomic E-state index is 12.1. The van der Waals surface area contributed by atoms with E-state index >= 15 is 0 Å². The van der Waals surface area contributed by atoms with Crippen LogP contribution in [0, 0.1) is 0 Å². The van der Waals surface area contributed by atoms with Crippen LogP contribution >= 0.6 is 0 Å². The van der Waals surface area contributed by atoms with Gasteiger partial charge in [0.05, 0.1) is 31.7 Å². The van der Waals surface area contributed by atoms with Crippen LogP contribution in [0.2, 0.25) is 0 Å². The van der Waals surface area contributed by atoms with Crippen molar-refractivity contribution in [3.8, 4) is 0 Å². The first-order valence-electron chi connectivity index (χ1n) is 8.62. The topological polar surface area (TPSA) is 108 Å². The highest BCUT2D eigenvalue weighted by atomic mass is 32.2. The van der Waals surface area contributed by atoms with Crippen molar-refractivity contribution in [2.45, 2.75) is 19.1 Å². The van der Waals surface area contributed by atoms with Crippen molar-refractivity contribution in [1.82, 2.24) is 14.5 Å². The average molecular weight is 381 g/mol. The Morgan fingerprint density at radius 1 is 1.08 bits per heavy atom. The van der Waals surface area contributed by atoms with E-state index in [1.165, 1.54) is 0 Å². The highest BCUT2D eigenvalue weighted by Crippen LogP contribution is 2.12. The molecule has 25 heavy (non-hydrogen) atoms. The van der Waals surface area contributed by atoms with Gasteiger partial charge in [-0.25, -0.2) is 8.42 Å². The summed E-state index contributed by atoms with van der Waals surface area (Å²) in [6.07, 6.45) is 0. The predicted molar refractivity (Wildman–Crippen MR) is 93.8 cm³/mol. The second-order valence-corrected chi connectivity index (χ2v) is 8.56. The number of aliphatic hydroxyl groups is 1. The molecule has 0 bridgehead atoms. The van der Waals surface area contributed by atoms with Gasteiger partial charge in [0.15, 0.2) is 0 Å². The van der Waals surface area contributed by atoms with E-state index in [-0.39, 0.29) is 5.25 Å². The van der Waals surface area contributed by atoms with Gasteiger partial charge in [-0.2, -0.15) is 4.31 Å². The molecule has 148 valence electrons. The van der Waals surface area contributed by atoms with Crippen molar-refractivity contribution in [2.24, 2.45) is 0 Å². The Bertz CT molecular complexity index is 478. The van der Waals surface area contributed by atoms with E-state index in [2.05, 4.69) is 10.2 Å². The standard InChI is InChI=1S/C15H31N3O6S/c1-14(2)25(21,22)18-6-4-17(5-7-18)8-10-24-12-11-23-9-3-16-15(20)13-19/h14,19H,3-13H2,1-2H3,(H,16,20). The number of nitrogens with one attached hydrogen (secondary N) is 1. The monoisotopic (exact) mass is 381 g/mol. The summed E-state index contributed by atoms with van der Waals surface area (Å²) in [5.41, 5.74) is 0. The minimum absolute atomic E-state index is 0.364. The van der Waals surface area contributed by atoms with Crippen molar-refractivity contribution < 1.29 is 27.8 Å². The van der Waals surface area contributed by atoms with Gasteiger partial charge >= 0.3 is 0 Å². The molecule has 1 heterocycles. The number of piperazine rings is 1. The van der Waals surface area contributed by atoms with E-state index in [4.69, 9.17) is 14.6 Å². The summed E-state index contributed by atoms with van der Waals surface area (Å²) in [6, 6.07) is 0. The molecule has 1 amide bonds. The Morgan fingerprint density at radius 2 is 1.68 bits per heavy atom. The Morgan fingerprint density at radius 3 is 2.24 bits per heavy atom. The summed E-state index contributed by atoms with van der Waals surface area (Å²) in [5, 5.41) is 10.6. The molecule has 0 radical (unpaired) electrons. The van der Waals surface area contributed by atoms with Crippen LogP contribution in [-0.2, 0) is 24.3 Å². The smallest absolute Gasteiger partial charge is 0.245 e. The first-order chi connectivity index (χ1) is 11.9. The largest absolute Gasteiger partial charge is 0.387 e. The fourth-order valence-corrected chi connectivity index (χ4v) is 3.61. The van der Waals surface area contributed by atoms with Gasteiger partial charge < -0.3 is 19.9 Å². The van der Waals surface area contributed by atoms with Crippen LogP contribution in [-0.4, -0.2) is 106 Å². The lowest BCUT2D eigenvalue weighted by Crippen LogP contribution is -2.50. The van der Waals surface area contributed by atoms with Crippen LogP contribution in [0.1, 0.15) is 13.8 Å². The molecule has 0 aliphatic carbocycles. The average Bonchev–Trinajstić information content (AvgIpc) is 2.60. The molecule has 0 spiro atoms. The third kappa shape index (κ3) is 8.43. The number of sulfonamides is 1. The van der Waals surface area contributed by atoms with Crippen LogP contribution in [0.4, 0.5) is 0 Å². The summed E-state index contributed by atoms with van der Waals surface area (Å²) in [6.45, 7) is 8.38. The molecule has 1 rings (SSSR count). The molecule has 2 N–H and O–H groups in total.